The van der Waals surface area contributed by atoms with Crippen LogP contribution in [0.5, 0.6) is 0 Å². The second-order valence-corrected chi connectivity index (χ2v) is 3.13. The molecule has 0 radical (unpaired) electrons. The van der Waals surface area contributed by atoms with Gasteiger partial charge in [-0.05, 0) is 12.8 Å². The van der Waals surface area contributed by atoms with Gasteiger partial charge in [0.05, 0.1) is 17.8 Å². The molecule has 1 rings (SSSR count). The highest BCUT2D eigenvalue weighted by atomic mass is 16.4. The summed E-state index contributed by atoms with van der Waals surface area (Å²) in [6.45, 7) is 4.84. The number of nitrogens with zero attached hydrogens (tertiary/aromatic N) is 3. The Bertz CT molecular complexity index is 320. The lowest BCUT2D eigenvalue weighted by Gasteiger charge is -2.02. The van der Waals surface area contributed by atoms with Crippen molar-refractivity contribution in [3.63, 3.8) is 0 Å². The maximum absolute atomic E-state index is 10.5. The van der Waals surface area contributed by atoms with Crippen LogP contribution in [0.2, 0.25) is 0 Å². The second-order valence-electron chi connectivity index (χ2n) is 3.13. The Morgan fingerprint density at radius 3 is 2.71 bits per heavy atom. The standard InChI is InChI=1S/C9H15N3O2/c1-3-5-12-8(4-2)7(10-11-12)6-9(13)14/h3-6H2,1-2H3,(H,13,14). The zero-order valence-electron chi connectivity index (χ0n) is 8.53. The molecule has 0 spiro atoms. The third kappa shape index (κ3) is 2.31. The molecule has 0 bridgehead atoms. The third-order valence-corrected chi connectivity index (χ3v) is 2.01. The number of hydrogen-bond donors (Lipinski definition) is 1. The van der Waals surface area contributed by atoms with Crippen LogP contribution >= 0.6 is 0 Å². The highest BCUT2D eigenvalue weighted by molar-refractivity contribution is 5.69. The first-order valence-electron chi connectivity index (χ1n) is 4.82. The summed E-state index contributed by atoms with van der Waals surface area (Å²) in [5, 5.41) is 16.5. The zero-order chi connectivity index (χ0) is 10.6. The minimum atomic E-state index is -0.858. The van der Waals surface area contributed by atoms with Crippen molar-refractivity contribution in [2.45, 2.75) is 39.7 Å². The van der Waals surface area contributed by atoms with E-state index in [-0.39, 0.29) is 6.42 Å². The lowest BCUT2D eigenvalue weighted by molar-refractivity contribution is -0.136. The van der Waals surface area contributed by atoms with Gasteiger partial charge in [0, 0.05) is 6.54 Å². The fraction of sp³-hybridized carbons (Fsp3) is 0.667. The van der Waals surface area contributed by atoms with Crippen molar-refractivity contribution in [3.05, 3.63) is 11.4 Å². The Balaban J connectivity index is 2.88. The first-order valence-corrected chi connectivity index (χ1v) is 4.82. The fourth-order valence-electron chi connectivity index (χ4n) is 1.43. The molecular weight excluding hydrogens is 182 g/mol. The maximum atomic E-state index is 10.5. The summed E-state index contributed by atoms with van der Waals surface area (Å²) in [4.78, 5) is 10.5. The van der Waals surface area contributed by atoms with Crippen LogP contribution in [0.1, 0.15) is 31.7 Å². The molecule has 1 aromatic rings. The predicted molar refractivity (Wildman–Crippen MR) is 51.0 cm³/mol. The summed E-state index contributed by atoms with van der Waals surface area (Å²) in [6.07, 6.45) is 1.71. The Hall–Kier alpha value is -1.39. The predicted octanol–water partition coefficient (Wildman–Crippen LogP) is 0.878. The lowest BCUT2D eigenvalue weighted by Crippen LogP contribution is -2.07. The molecule has 0 aromatic carbocycles. The Morgan fingerprint density at radius 2 is 2.21 bits per heavy atom. The number of carboxylic acids is 1. The summed E-state index contributed by atoms with van der Waals surface area (Å²) >= 11 is 0. The average molecular weight is 197 g/mol. The fourth-order valence-corrected chi connectivity index (χ4v) is 1.43. The lowest BCUT2D eigenvalue weighted by atomic mass is 10.2. The molecule has 5 heteroatoms. The van der Waals surface area contributed by atoms with Crippen LogP contribution in [-0.2, 0) is 24.2 Å². The van der Waals surface area contributed by atoms with Crippen LogP contribution in [0.25, 0.3) is 0 Å². The van der Waals surface area contributed by atoms with E-state index in [4.69, 9.17) is 5.11 Å². The van der Waals surface area contributed by atoms with Crippen LogP contribution in [0, 0.1) is 0 Å². The van der Waals surface area contributed by atoms with Gasteiger partial charge in [-0.3, -0.25) is 4.79 Å². The van der Waals surface area contributed by atoms with Gasteiger partial charge in [-0.2, -0.15) is 0 Å². The van der Waals surface area contributed by atoms with Gasteiger partial charge in [0.2, 0.25) is 0 Å². The molecule has 0 aliphatic heterocycles. The van der Waals surface area contributed by atoms with Crippen molar-refractivity contribution in [3.8, 4) is 0 Å². The summed E-state index contributed by atoms with van der Waals surface area (Å²) in [7, 11) is 0. The van der Waals surface area contributed by atoms with Gasteiger partial charge < -0.3 is 5.11 Å². The van der Waals surface area contributed by atoms with E-state index in [1.165, 1.54) is 0 Å². The van der Waals surface area contributed by atoms with Crippen LogP contribution in [0.4, 0.5) is 0 Å². The van der Waals surface area contributed by atoms with Crippen molar-refractivity contribution < 1.29 is 9.90 Å². The number of rotatable bonds is 5. The van der Waals surface area contributed by atoms with Gasteiger partial charge in [-0.1, -0.05) is 19.1 Å². The van der Waals surface area contributed by atoms with E-state index in [1.807, 2.05) is 6.92 Å². The largest absolute Gasteiger partial charge is 0.481 e. The Morgan fingerprint density at radius 1 is 1.50 bits per heavy atom. The minimum absolute atomic E-state index is 0.0348. The normalized spacial score (nSPS) is 10.4. The van der Waals surface area contributed by atoms with Crippen LogP contribution < -0.4 is 0 Å². The molecule has 0 atom stereocenters. The molecule has 0 saturated carbocycles. The van der Waals surface area contributed by atoms with Gasteiger partial charge in [0.15, 0.2) is 0 Å². The maximum Gasteiger partial charge on any atom is 0.309 e. The van der Waals surface area contributed by atoms with Crippen molar-refractivity contribution >= 4 is 5.97 Å². The summed E-state index contributed by atoms with van der Waals surface area (Å²) < 4.78 is 1.79. The highest BCUT2D eigenvalue weighted by Gasteiger charge is 2.13. The van der Waals surface area contributed by atoms with Crippen molar-refractivity contribution in [2.24, 2.45) is 0 Å². The molecule has 14 heavy (non-hydrogen) atoms. The number of aryl methyl sites for hydroxylation is 1. The van der Waals surface area contributed by atoms with Crippen molar-refractivity contribution in [2.75, 3.05) is 0 Å². The van der Waals surface area contributed by atoms with Crippen molar-refractivity contribution in [1.29, 1.82) is 0 Å². The van der Waals surface area contributed by atoms with E-state index in [1.54, 1.807) is 4.68 Å². The minimum Gasteiger partial charge on any atom is -0.481 e. The number of carboxylic acid groups (broad SMARTS) is 1. The molecule has 5 nitrogen and oxygen atoms in total. The SMILES string of the molecule is CCCn1nnc(CC(=O)O)c1CC. The summed E-state index contributed by atoms with van der Waals surface area (Å²) in [5.41, 5.74) is 1.53. The number of hydrogen-bond acceptors (Lipinski definition) is 3. The summed E-state index contributed by atoms with van der Waals surface area (Å²) in [6, 6.07) is 0. The molecular formula is C9H15N3O2. The zero-order valence-corrected chi connectivity index (χ0v) is 8.53. The van der Waals surface area contributed by atoms with E-state index in [9.17, 15) is 4.79 Å². The van der Waals surface area contributed by atoms with E-state index in [2.05, 4.69) is 17.2 Å². The molecule has 0 saturated heterocycles. The van der Waals surface area contributed by atoms with Gasteiger partial charge >= 0.3 is 5.97 Å². The quantitative estimate of drug-likeness (QED) is 0.760. The first kappa shape index (κ1) is 10.7. The molecule has 1 heterocycles. The van der Waals surface area contributed by atoms with Gasteiger partial charge in [-0.15, -0.1) is 5.10 Å². The molecule has 0 aliphatic rings. The van der Waals surface area contributed by atoms with E-state index < -0.39 is 5.97 Å². The van der Waals surface area contributed by atoms with Crippen LogP contribution in [-0.4, -0.2) is 26.1 Å². The third-order valence-electron chi connectivity index (χ3n) is 2.01. The average Bonchev–Trinajstić information content (AvgIpc) is 2.47. The highest BCUT2D eigenvalue weighted by Crippen LogP contribution is 2.07. The molecule has 0 unspecified atom stereocenters. The van der Waals surface area contributed by atoms with E-state index in [0.717, 1.165) is 25.1 Å². The second kappa shape index (κ2) is 4.74. The number of aliphatic carboxylic acids is 1. The molecule has 0 amide bonds. The van der Waals surface area contributed by atoms with E-state index in [0.29, 0.717) is 5.69 Å². The van der Waals surface area contributed by atoms with Crippen LogP contribution in [0.3, 0.4) is 0 Å². The number of carbonyl (C=O) groups is 1. The summed E-state index contributed by atoms with van der Waals surface area (Å²) in [5.74, 6) is -0.858. The molecule has 1 aromatic heterocycles. The first-order chi connectivity index (χ1) is 6.69. The molecule has 0 fully saturated rings. The topological polar surface area (TPSA) is 68.0 Å². The van der Waals surface area contributed by atoms with E-state index >= 15 is 0 Å². The molecule has 1 N–H and O–H groups in total. The van der Waals surface area contributed by atoms with Gasteiger partial charge in [0.1, 0.15) is 0 Å². The van der Waals surface area contributed by atoms with Crippen molar-refractivity contribution in [1.82, 2.24) is 15.0 Å². The van der Waals surface area contributed by atoms with Crippen LogP contribution in [0.15, 0.2) is 0 Å². The molecule has 0 aliphatic carbocycles. The van der Waals surface area contributed by atoms with Gasteiger partial charge in [0.25, 0.3) is 0 Å². The smallest absolute Gasteiger partial charge is 0.309 e. The monoisotopic (exact) mass is 197 g/mol. The Labute approximate surface area is 82.7 Å². The van der Waals surface area contributed by atoms with Gasteiger partial charge in [-0.25, -0.2) is 4.68 Å². The molecule has 78 valence electrons. The number of aromatic nitrogens is 3. The Kier molecular flexibility index (Phi) is 3.62.